The van der Waals surface area contributed by atoms with Gasteiger partial charge in [-0.2, -0.15) is 5.10 Å². The van der Waals surface area contributed by atoms with Crippen LogP contribution in [0.25, 0.3) is 11.3 Å². The number of carbonyl (C=O) groups excluding carboxylic acids is 2. The quantitative estimate of drug-likeness (QED) is 0.584. The summed E-state index contributed by atoms with van der Waals surface area (Å²) in [5.74, 6) is -0.191. The van der Waals surface area contributed by atoms with Gasteiger partial charge in [-0.15, -0.1) is 0 Å². The standard InChI is InChI=1S/C25H33ClN4O4/c1-2-3-4-20-16-29(17-24(32)28-11-9-21(10-12-28)34-14-13-31)25(33)23-15-22(27-30(20)23)18-5-7-19(26)8-6-18/h5-8,15,20-21,31H,2-4,9-14,16-17H2,1H3. The first-order valence-corrected chi connectivity index (χ1v) is 12.5. The molecule has 0 aliphatic carbocycles. The summed E-state index contributed by atoms with van der Waals surface area (Å²) in [4.78, 5) is 29.9. The molecule has 34 heavy (non-hydrogen) atoms. The van der Waals surface area contributed by atoms with Crippen molar-refractivity contribution in [2.24, 2.45) is 0 Å². The molecule has 1 atom stereocenters. The van der Waals surface area contributed by atoms with Crippen LogP contribution in [0.3, 0.4) is 0 Å². The molecule has 2 aromatic rings. The lowest BCUT2D eigenvalue weighted by molar-refractivity contribution is -0.134. The highest BCUT2D eigenvalue weighted by Crippen LogP contribution is 2.30. The minimum atomic E-state index is -0.157. The van der Waals surface area contributed by atoms with Crippen LogP contribution in [-0.2, 0) is 9.53 Å². The van der Waals surface area contributed by atoms with E-state index in [1.54, 1.807) is 4.90 Å². The predicted molar refractivity (Wildman–Crippen MR) is 130 cm³/mol. The Morgan fingerprint density at radius 1 is 1.24 bits per heavy atom. The number of hydrogen-bond donors (Lipinski definition) is 1. The second kappa shape index (κ2) is 11.3. The summed E-state index contributed by atoms with van der Waals surface area (Å²) < 4.78 is 7.45. The van der Waals surface area contributed by atoms with Crippen LogP contribution in [0.4, 0.5) is 0 Å². The molecule has 1 unspecified atom stereocenters. The van der Waals surface area contributed by atoms with Crippen LogP contribution in [0.1, 0.15) is 55.6 Å². The number of piperidine rings is 1. The smallest absolute Gasteiger partial charge is 0.272 e. The Morgan fingerprint density at radius 2 is 1.97 bits per heavy atom. The number of carbonyl (C=O) groups is 2. The van der Waals surface area contributed by atoms with Crippen molar-refractivity contribution >= 4 is 23.4 Å². The van der Waals surface area contributed by atoms with Gasteiger partial charge in [0.05, 0.1) is 31.1 Å². The highest BCUT2D eigenvalue weighted by molar-refractivity contribution is 6.30. The van der Waals surface area contributed by atoms with Gasteiger partial charge < -0.3 is 19.6 Å². The minimum Gasteiger partial charge on any atom is -0.394 e. The summed E-state index contributed by atoms with van der Waals surface area (Å²) in [6, 6.07) is 9.29. The van der Waals surface area contributed by atoms with Crippen LogP contribution in [0.2, 0.25) is 5.02 Å². The molecule has 2 aliphatic rings. The fourth-order valence-corrected chi connectivity index (χ4v) is 4.84. The fraction of sp³-hybridized carbons (Fsp3) is 0.560. The van der Waals surface area contributed by atoms with Gasteiger partial charge in [0.15, 0.2) is 0 Å². The molecular formula is C25H33ClN4O4. The normalized spacial score (nSPS) is 18.9. The second-order valence-electron chi connectivity index (χ2n) is 9.02. The molecule has 0 radical (unpaired) electrons. The van der Waals surface area contributed by atoms with Crippen molar-refractivity contribution in [3.63, 3.8) is 0 Å². The Balaban J connectivity index is 1.47. The van der Waals surface area contributed by atoms with E-state index in [2.05, 4.69) is 6.92 Å². The summed E-state index contributed by atoms with van der Waals surface area (Å²) in [7, 11) is 0. The molecule has 1 N–H and O–H groups in total. The van der Waals surface area contributed by atoms with Gasteiger partial charge in [0, 0.05) is 30.2 Å². The molecule has 0 bridgehead atoms. The number of rotatable bonds is 9. The Labute approximate surface area is 205 Å². The highest BCUT2D eigenvalue weighted by Gasteiger charge is 2.35. The van der Waals surface area contributed by atoms with Crippen molar-refractivity contribution in [3.8, 4) is 11.3 Å². The van der Waals surface area contributed by atoms with Gasteiger partial charge in [-0.05, 0) is 37.5 Å². The predicted octanol–water partition coefficient (Wildman–Crippen LogP) is 3.39. The van der Waals surface area contributed by atoms with Crippen molar-refractivity contribution in [3.05, 3.63) is 41.0 Å². The van der Waals surface area contributed by atoms with Crippen molar-refractivity contribution in [1.82, 2.24) is 19.6 Å². The van der Waals surface area contributed by atoms with Gasteiger partial charge in [-0.25, -0.2) is 0 Å². The zero-order valence-corrected chi connectivity index (χ0v) is 20.4. The van der Waals surface area contributed by atoms with Crippen LogP contribution in [0.15, 0.2) is 30.3 Å². The Bertz CT molecular complexity index is 985. The van der Waals surface area contributed by atoms with E-state index in [1.165, 1.54) is 0 Å². The summed E-state index contributed by atoms with van der Waals surface area (Å²) in [6.07, 6.45) is 4.55. The molecule has 8 nitrogen and oxygen atoms in total. The first-order chi connectivity index (χ1) is 16.5. The maximum Gasteiger partial charge on any atom is 0.272 e. The largest absolute Gasteiger partial charge is 0.394 e. The van der Waals surface area contributed by atoms with Gasteiger partial charge in [-0.3, -0.25) is 14.3 Å². The van der Waals surface area contributed by atoms with E-state index in [9.17, 15) is 9.59 Å². The van der Waals surface area contributed by atoms with Crippen LogP contribution in [-0.4, -0.2) is 82.0 Å². The molecule has 2 amide bonds. The first kappa shape index (κ1) is 24.7. The molecule has 1 aromatic carbocycles. The lowest BCUT2D eigenvalue weighted by atomic mass is 10.1. The van der Waals surface area contributed by atoms with Crippen LogP contribution in [0.5, 0.6) is 0 Å². The maximum absolute atomic E-state index is 13.4. The topological polar surface area (TPSA) is 87.9 Å². The van der Waals surface area contributed by atoms with Gasteiger partial charge >= 0.3 is 0 Å². The number of hydrogen-bond acceptors (Lipinski definition) is 5. The molecule has 184 valence electrons. The first-order valence-electron chi connectivity index (χ1n) is 12.1. The number of nitrogens with zero attached hydrogens (tertiary/aromatic N) is 4. The molecule has 1 fully saturated rings. The number of likely N-dealkylation sites (tertiary alicyclic amines) is 1. The van der Waals surface area contributed by atoms with E-state index in [4.69, 9.17) is 26.5 Å². The zero-order valence-electron chi connectivity index (χ0n) is 19.7. The number of fused-ring (bicyclic) bond motifs is 1. The lowest BCUT2D eigenvalue weighted by Gasteiger charge is -2.36. The summed E-state index contributed by atoms with van der Waals surface area (Å²) in [5, 5.41) is 14.4. The Kier molecular flexibility index (Phi) is 8.24. The number of ether oxygens (including phenoxy) is 1. The number of benzene rings is 1. The van der Waals surface area contributed by atoms with E-state index < -0.39 is 0 Å². The van der Waals surface area contributed by atoms with Crippen molar-refractivity contribution < 1.29 is 19.4 Å². The number of halogens is 1. The molecule has 1 saturated heterocycles. The molecule has 0 saturated carbocycles. The van der Waals surface area contributed by atoms with Gasteiger partial charge in [0.25, 0.3) is 5.91 Å². The summed E-state index contributed by atoms with van der Waals surface area (Å²) in [6.45, 7) is 4.24. The Morgan fingerprint density at radius 3 is 2.65 bits per heavy atom. The number of unbranched alkanes of at least 4 members (excludes halogenated alkanes) is 1. The fourth-order valence-electron chi connectivity index (χ4n) is 4.72. The number of aliphatic hydroxyl groups is 1. The third kappa shape index (κ3) is 5.62. The average molecular weight is 489 g/mol. The number of aliphatic hydroxyl groups excluding tert-OH is 1. The molecule has 3 heterocycles. The van der Waals surface area contributed by atoms with E-state index in [0.29, 0.717) is 37.0 Å². The summed E-state index contributed by atoms with van der Waals surface area (Å²) >= 11 is 6.03. The van der Waals surface area contributed by atoms with E-state index in [0.717, 1.165) is 43.4 Å². The molecule has 9 heteroatoms. The van der Waals surface area contributed by atoms with Crippen LogP contribution in [0, 0.1) is 0 Å². The van der Waals surface area contributed by atoms with Crippen molar-refractivity contribution in [1.29, 1.82) is 0 Å². The molecule has 1 aromatic heterocycles. The Hall–Kier alpha value is -2.42. The monoisotopic (exact) mass is 488 g/mol. The minimum absolute atomic E-state index is 0.00568. The average Bonchev–Trinajstić information content (AvgIpc) is 3.30. The number of amides is 2. The maximum atomic E-state index is 13.4. The third-order valence-corrected chi connectivity index (χ3v) is 6.87. The highest BCUT2D eigenvalue weighted by atomic mass is 35.5. The summed E-state index contributed by atoms with van der Waals surface area (Å²) in [5.41, 5.74) is 2.17. The zero-order chi connectivity index (χ0) is 24.1. The van der Waals surface area contributed by atoms with Crippen LogP contribution >= 0.6 is 11.6 Å². The third-order valence-electron chi connectivity index (χ3n) is 6.62. The molecular weight excluding hydrogens is 456 g/mol. The lowest BCUT2D eigenvalue weighted by Crippen LogP contribution is -2.50. The molecule has 2 aliphatic heterocycles. The van der Waals surface area contributed by atoms with Gasteiger partial charge in [0.1, 0.15) is 12.2 Å². The van der Waals surface area contributed by atoms with E-state index >= 15 is 0 Å². The number of aromatic nitrogens is 2. The van der Waals surface area contributed by atoms with Crippen molar-refractivity contribution in [2.75, 3.05) is 39.4 Å². The van der Waals surface area contributed by atoms with E-state index in [1.807, 2.05) is 39.9 Å². The molecule has 4 rings (SSSR count). The molecule has 0 spiro atoms. The van der Waals surface area contributed by atoms with E-state index in [-0.39, 0.29) is 37.1 Å². The second-order valence-corrected chi connectivity index (χ2v) is 9.46. The van der Waals surface area contributed by atoms with Crippen molar-refractivity contribution in [2.45, 2.75) is 51.2 Å². The van der Waals surface area contributed by atoms with Gasteiger partial charge in [0.2, 0.25) is 5.91 Å². The SMILES string of the molecule is CCCCC1CN(CC(=O)N2CCC(OCCO)CC2)C(=O)c2cc(-c3ccc(Cl)cc3)nn21. The van der Waals surface area contributed by atoms with Crippen LogP contribution < -0.4 is 0 Å². The van der Waals surface area contributed by atoms with Gasteiger partial charge in [-0.1, -0.05) is 43.5 Å².